The first-order valence-corrected chi connectivity index (χ1v) is 17.0. The summed E-state index contributed by atoms with van der Waals surface area (Å²) in [5.74, 6) is -0.638. The van der Waals surface area contributed by atoms with E-state index in [9.17, 15) is 18.0 Å². The maximum atomic E-state index is 15.7. The van der Waals surface area contributed by atoms with Crippen LogP contribution < -0.4 is 15.9 Å². The van der Waals surface area contributed by atoms with Crippen LogP contribution in [0, 0.1) is 19.7 Å². The van der Waals surface area contributed by atoms with Crippen molar-refractivity contribution in [2.24, 2.45) is 0 Å². The summed E-state index contributed by atoms with van der Waals surface area (Å²) in [5, 5.41) is 0.452. The van der Waals surface area contributed by atoms with Gasteiger partial charge in [0.25, 0.3) is 11.1 Å². The van der Waals surface area contributed by atoms with Gasteiger partial charge in [-0.25, -0.2) is 16.8 Å². The van der Waals surface area contributed by atoms with Crippen LogP contribution in [0.25, 0.3) is 16.5 Å². The second-order valence-electron chi connectivity index (χ2n) is 12.6. The number of fused-ring (bicyclic) bond motifs is 1. The summed E-state index contributed by atoms with van der Waals surface area (Å²) in [5.41, 5.74) is 2.39. The topological polar surface area (TPSA) is 112 Å². The van der Waals surface area contributed by atoms with Gasteiger partial charge in [0.2, 0.25) is 10.0 Å². The number of benzene rings is 2. The minimum atomic E-state index is -4.42. The maximum absolute atomic E-state index is 15.7. The molecule has 5 aromatic rings. The highest BCUT2D eigenvalue weighted by molar-refractivity contribution is 7.91. The molecule has 1 aliphatic carbocycles. The molecule has 9 nitrogen and oxygen atoms in total. The molecule has 7 rings (SSSR count). The summed E-state index contributed by atoms with van der Waals surface area (Å²) in [4.78, 5) is 29.0. The molecule has 0 bridgehead atoms. The van der Waals surface area contributed by atoms with Gasteiger partial charge in [-0.15, -0.1) is 0 Å². The van der Waals surface area contributed by atoms with Gasteiger partial charge in [-0.2, -0.15) is 0 Å². The standard InChI is InChI=1S/C37H34FN3O6S/c1-22-8-7-9-23(2)35(22)47-32-19-40(27-20-46-21-27)33(42)18-29(32)26-16-24(3)37(4,30(17-26)28-10-5-6-11-31(28)38)48(44,45)41-15-13-25-12-14-39-36(43)34(25)41/h5-19,27,30H,20-21H2,1-4H3,(H,39,43). The molecule has 2 aliphatic rings. The highest BCUT2D eigenvalue weighted by Crippen LogP contribution is 2.49. The van der Waals surface area contributed by atoms with Gasteiger partial charge in [0.1, 0.15) is 21.8 Å². The van der Waals surface area contributed by atoms with Gasteiger partial charge in [0.05, 0.1) is 25.5 Å². The zero-order valence-electron chi connectivity index (χ0n) is 26.9. The fraction of sp³-hybridized carbons (Fsp3) is 0.243. The summed E-state index contributed by atoms with van der Waals surface area (Å²) in [6.45, 7) is 7.88. The molecule has 3 aromatic heterocycles. The molecule has 1 saturated heterocycles. The van der Waals surface area contributed by atoms with Crippen LogP contribution in [0.15, 0.2) is 107 Å². The van der Waals surface area contributed by atoms with E-state index in [0.717, 1.165) is 15.1 Å². The number of aromatic amines is 1. The van der Waals surface area contributed by atoms with E-state index in [4.69, 9.17) is 9.47 Å². The number of rotatable bonds is 7. The van der Waals surface area contributed by atoms with Crippen LogP contribution in [0.3, 0.4) is 0 Å². The second kappa shape index (κ2) is 11.6. The summed E-state index contributed by atoms with van der Waals surface area (Å²) in [6, 6.07) is 16.4. The van der Waals surface area contributed by atoms with Crippen molar-refractivity contribution >= 4 is 26.5 Å². The zero-order valence-corrected chi connectivity index (χ0v) is 27.7. The number of aryl methyl sites for hydroxylation is 2. The number of aromatic nitrogens is 3. The van der Waals surface area contributed by atoms with Crippen molar-refractivity contribution in [3.05, 3.63) is 146 Å². The number of H-pyrrole nitrogens is 1. The van der Waals surface area contributed by atoms with Crippen LogP contribution in [0.2, 0.25) is 0 Å². The van der Waals surface area contributed by atoms with Crippen LogP contribution in [-0.2, 0) is 14.8 Å². The Labute approximate surface area is 276 Å². The first kappa shape index (κ1) is 31.6. The average molecular weight is 668 g/mol. The number of pyridine rings is 2. The van der Waals surface area contributed by atoms with Gasteiger partial charge in [-0.1, -0.05) is 48.6 Å². The fourth-order valence-electron chi connectivity index (χ4n) is 6.70. The molecule has 4 heterocycles. The van der Waals surface area contributed by atoms with Crippen LogP contribution in [0.5, 0.6) is 11.5 Å². The molecule has 2 atom stereocenters. The zero-order chi connectivity index (χ0) is 34.0. The molecular weight excluding hydrogens is 633 g/mol. The van der Waals surface area contributed by atoms with Crippen molar-refractivity contribution in [2.45, 2.75) is 44.4 Å². The minimum absolute atomic E-state index is 0.0264. The van der Waals surface area contributed by atoms with Crippen LogP contribution in [0.1, 0.15) is 48.1 Å². The highest BCUT2D eigenvalue weighted by atomic mass is 32.2. The Balaban J connectivity index is 1.45. The molecule has 2 aromatic carbocycles. The number of nitrogens with one attached hydrogen (secondary N) is 1. The molecule has 48 heavy (non-hydrogen) atoms. The molecule has 2 unspecified atom stereocenters. The largest absolute Gasteiger partial charge is 0.455 e. The summed E-state index contributed by atoms with van der Waals surface area (Å²) in [6.07, 6.45) is 7.86. The summed E-state index contributed by atoms with van der Waals surface area (Å²) < 4.78 is 58.1. The van der Waals surface area contributed by atoms with Gasteiger partial charge in [0, 0.05) is 35.3 Å². The predicted octanol–water partition coefficient (Wildman–Crippen LogP) is 6.37. The lowest BCUT2D eigenvalue weighted by atomic mass is 9.75. The second-order valence-corrected chi connectivity index (χ2v) is 14.8. The van der Waals surface area contributed by atoms with Gasteiger partial charge < -0.3 is 19.0 Å². The Morgan fingerprint density at radius 3 is 2.42 bits per heavy atom. The van der Waals surface area contributed by atoms with E-state index in [-0.39, 0.29) is 22.7 Å². The normalized spacial score (nSPS) is 19.9. The SMILES string of the molecule is CC1=CC(c2cc(=O)n(C3COC3)cc2Oc2c(C)cccc2C)=CC(c2ccccc2F)C1(C)S(=O)(=O)n1ccc2cc[nH]c(=O)c21. The monoisotopic (exact) mass is 667 g/mol. The van der Waals surface area contributed by atoms with Gasteiger partial charge in [0.15, 0.2) is 5.75 Å². The average Bonchev–Trinajstić information content (AvgIpc) is 3.48. The Morgan fingerprint density at radius 1 is 1.00 bits per heavy atom. The highest BCUT2D eigenvalue weighted by Gasteiger charge is 2.51. The molecule has 246 valence electrons. The number of para-hydroxylation sites is 1. The molecule has 1 N–H and O–H groups in total. The molecule has 0 spiro atoms. The first-order chi connectivity index (χ1) is 22.9. The third kappa shape index (κ3) is 4.88. The van der Waals surface area contributed by atoms with E-state index in [1.54, 1.807) is 67.1 Å². The quantitative estimate of drug-likeness (QED) is 0.216. The van der Waals surface area contributed by atoms with Crippen molar-refractivity contribution in [1.29, 1.82) is 0 Å². The van der Waals surface area contributed by atoms with Crippen LogP contribution in [0.4, 0.5) is 4.39 Å². The first-order valence-electron chi connectivity index (χ1n) is 15.6. The Bertz CT molecular complexity index is 2380. The van der Waals surface area contributed by atoms with Gasteiger partial charge >= 0.3 is 0 Å². The third-order valence-electron chi connectivity index (χ3n) is 9.70. The molecule has 11 heteroatoms. The molecule has 1 fully saturated rings. The van der Waals surface area contributed by atoms with Crippen molar-refractivity contribution in [3.8, 4) is 11.5 Å². The molecule has 0 radical (unpaired) electrons. The van der Waals surface area contributed by atoms with E-state index in [2.05, 4.69) is 4.98 Å². The van der Waals surface area contributed by atoms with E-state index >= 15 is 4.39 Å². The number of allylic oxidation sites excluding steroid dienone is 3. The van der Waals surface area contributed by atoms with E-state index in [1.165, 1.54) is 24.5 Å². The van der Waals surface area contributed by atoms with Crippen molar-refractivity contribution in [3.63, 3.8) is 0 Å². The number of ether oxygens (including phenoxy) is 2. The van der Waals surface area contributed by atoms with Crippen LogP contribution in [-0.4, -0.2) is 39.9 Å². The molecule has 0 saturated carbocycles. The lowest BCUT2D eigenvalue weighted by Crippen LogP contribution is -2.47. The number of nitrogens with zero attached hydrogens (tertiary/aromatic N) is 2. The van der Waals surface area contributed by atoms with E-state index in [1.807, 2.05) is 32.0 Å². The van der Waals surface area contributed by atoms with Crippen LogP contribution >= 0.6 is 0 Å². The van der Waals surface area contributed by atoms with Gasteiger partial charge in [-0.3, -0.25) is 9.59 Å². The molecule has 0 amide bonds. The number of hydrogen-bond acceptors (Lipinski definition) is 6. The molecular formula is C37H34FN3O6S. The lowest BCUT2D eigenvalue weighted by molar-refractivity contribution is -0.0250. The van der Waals surface area contributed by atoms with E-state index < -0.39 is 32.1 Å². The number of halogens is 1. The number of hydrogen-bond donors (Lipinski definition) is 1. The summed E-state index contributed by atoms with van der Waals surface area (Å²) in [7, 11) is -4.42. The Hall–Kier alpha value is -5.00. The predicted molar refractivity (Wildman–Crippen MR) is 183 cm³/mol. The lowest BCUT2D eigenvalue weighted by Gasteiger charge is -2.40. The summed E-state index contributed by atoms with van der Waals surface area (Å²) >= 11 is 0. The Morgan fingerprint density at radius 2 is 1.73 bits per heavy atom. The van der Waals surface area contributed by atoms with Crippen molar-refractivity contribution in [2.75, 3.05) is 13.2 Å². The third-order valence-corrected chi connectivity index (χ3v) is 12.2. The maximum Gasteiger partial charge on any atom is 0.273 e. The van der Waals surface area contributed by atoms with Crippen molar-refractivity contribution < 1.29 is 22.3 Å². The smallest absolute Gasteiger partial charge is 0.273 e. The fourth-order valence-corrected chi connectivity index (χ4v) is 8.74. The van der Waals surface area contributed by atoms with E-state index in [0.29, 0.717) is 46.8 Å². The Kier molecular flexibility index (Phi) is 7.64. The van der Waals surface area contributed by atoms with Gasteiger partial charge in [-0.05, 0) is 73.7 Å². The van der Waals surface area contributed by atoms with Crippen molar-refractivity contribution in [1.82, 2.24) is 13.5 Å². The minimum Gasteiger partial charge on any atom is -0.455 e. The molecule has 1 aliphatic heterocycles.